The Hall–Kier alpha value is -0.640. The Morgan fingerprint density at radius 2 is 1.94 bits per heavy atom. The van der Waals surface area contributed by atoms with Crippen molar-refractivity contribution in [1.29, 1.82) is 0 Å². The lowest BCUT2D eigenvalue weighted by molar-refractivity contribution is 0.467. The highest BCUT2D eigenvalue weighted by atomic mass is 35.5. The third kappa shape index (κ3) is 5.80. The van der Waals surface area contributed by atoms with Crippen molar-refractivity contribution >= 4 is 11.6 Å². The van der Waals surface area contributed by atoms with Crippen LogP contribution in [-0.2, 0) is 6.54 Å². The second kappa shape index (κ2) is 7.72. The van der Waals surface area contributed by atoms with Crippen molar-refractivity contribution in [3.63, 3.8) is 0 Å². The predicted molar refractivity (Wildman–Crippen MR) is 75.4 cm³/mol. The van der Waals surface area contributed by atoms with Gasteiger partial charge < -0.3 is 10.6 Å². The van der Waals surface area contributed by atoms with E-state index in [4.69, 9.17) is 11.6 Å². The van der Waals surface area contributed by atoms with E-state index < -0.39 is 0 Å². The number of hydrogen-bond donors (Lipinski definition) is 2. The topological polar surface area (TPSA) is 24.1 Å². The zero-order valence-corrected chi connectivity index (χ0v) is 12.0. The Balaban J connectivity index is 2.33. The second-order valence-corrected chi connectivity index (χ2v) is 5.51. The third-order valence-electron chi connectivity index (χ3n) is 2.65. The summed E-state index contributed by atoms with van der Waals surface area (Å²) in [5, 5.41) is 7.21. The van der Waals surface area contributed by atoms with Crippen molar-refractivity contribution in [2.75, 3.05) is 13.1 Å². The van der Waals surface area contributed by atoms with Gasteiger partial charge in [0.1, 0.15) is 5.82 Å². The van der Waals surface area contributed by atoms with Gasteiger partial charge in [-0.05, 0) is 37.6 Å². The van der Waals surface area contributed by atoms with Crippen LogP contribution in [0.3, 0.4) is 0 Å². The Bertz CT molecular complexity index is 369. The lowest BCUT2D eigenvalue weighted by Crippen LogP contribution is -2.37. The Morgan fingerprint density at radius 1 is 1.22 bits per heavy atom. The molecule has 0 spiro atoms. The molecule has 102 valence electrons. The monoisotopic (exact) mass is 272 g/mol. The summed E-state index contributed by atoms with van der Waals surface area (Å²) in [7, 11) is 0. The zero-order chi connectivity index (χ0) is 13.5. The Kier molecular flexibility index (Phi) is 6.61. The van der Waals surface area contributed by atoms with E-state index in [1.54, 1.807) is 12.1 Å². The van der Waals surface area contributed by atoms with Gasteiger partial charge in [-0.25, -0.2) is 4.39 Å². The number of nitrogens with one attached hydrogen (secondary N) is 2. The molecule has 0 aromatic heterocycles. The van der Waals surface area contributed by atoms with Gasteiger partial charge in [-0.1, -0.05) is 25.4 Å². The normalized spacial score (nSPS) is 13.0. The molecule has 0 aliphatic carbocycles. The fourth-order valence-electron chi connectivity index (χ4n) is 1.62. The molecule has 0 saturated heterocycles. The quantitative estimate of drug-likeness (QED) is 0.797. The van der Waals surface area contributed by atoms with Gasteiger partial charge in [0, 0.05) is 29.7 Å². The summed E-state index contributed by atoms with van der Waals surface area (Å²) in [6.45, 7) is 8.80. The molecule has 2 nitrogen and oxygen atoms in total. The molecule has 1 unspecified atom stereocenters. The molecular formula is C14H22ClFN2. The first kappa shape index (κ1) is 15.4. The first-order chi connectivity index (χ1) is 8.49. The summed E-state index contributed by atoms with van der Waals surface area (Å²) < 4.78 is 13.5. The molecule has 0 bridgehead atoms. The van der Waals surface area contributed by atoms with E-state index in [-0.39, 0.29) is 5.82 Å². The Morgan fingerprint density at radius 3 is 2.61 bits per heavy atom. The maximum atomic E-state index is 13.5. The molecule has 18 heavy (non-hydrogen) atoms. The van der Waals surface area contributed by atoms with Crippen LogP contribution in [0.1, 0.15) is 26.3 Å². The largest absolute Gasteiger partial charge is 0.315 e. The minimum atomic E-state index is -0.214. The van der Waals surface area contributed by atoms with Crippen LogP contribution in [0.5, 0.6) is 0 Å². The van der Waals surface area contributed by atoms with Crippen molar-refractivity contribution in [2.45, 2.75) is 33.4 Å². The summed E-state index contributed by atoms with van der Waals surface area (Å²) in [6, 6.07) is 4.93. The molecule has 1 atom stereocenters. The molecule has 0 heterocycles. The molecule has 2 N–H and O–H groups in total. The molecule has 0 radical (unpaired) electrons. The van der Waals surface area contributed by atoms with Crippen LogP contribution < -0.4 is 10.6 Å². The fraction of sp³-hybridized carbons (Fsp3) is 0.571. The minimum Gasteiger partial charge on any atom is -0.315 e. The summed E-state index contributed by atoms with van der Waals surface area (Å²) in [6.07, 6.45) is 0. The molecule has 4 heteroatoms. The van der Waals surface area contributed by atoms with Crippen molar-refractivity contribution in [2.24, 2.45) is 5.92 Å². The van der Waals surface area contributed by atoms with Crippen molar-refractivity contribution < 1.29 is 4.39 Å². The first-order valence-corrected chi connectivity index (χ1v) is 6.75. The average Bonchev–Trinajstić information content (AvgIpc) is 2.30. The second-order valence-electron chi connectivity index (χ2n) is 5.07. The van der Waals surface area contributed by atoms with Crippen LogP contribution in [0, 0.1) is 11.7 Å². The molecular weight excluding hydrogens is 251 g/mol. The lowest BCUT2D eigenvalue weighted by atomic mass is 10.2. The first-order valence-electron chi connectivity index (χ1n) is 6.37. The zero-order valence-electron chi connectivity index (χ0n) is 11.3. The third-order valence-corrected chi connectivity index (χ3v) is 2.89. The number of hydrogen-bond acceptors (Lipinski definition) is 2. The Labute approximate surface area is 114 Å². The van der Waals surface area contributed by atoms with Crippen molar-refractivity contribution in [1.82, 2.24) is 10.6 Å². The number of benzene rings is 1. The molecule has 0 amide bonds. The number of rotatable bonds is 7. The van der Waals surface area contributed by atoms with Gasteiger partial charge in [-0.15, -0.1) is 0 Å². The number of halogens is 2. The van der Waals surface area contributed by atoms with Crippen LogP contribution in [0.25, 0.3) is 0 Å². The van der Waals surface area contributed by atoms with Gasteiger partial charge in [0.15, 0.2) is 0 Å². The SMILES string of the molecule is CC(C)CNCC(C)NCc1cc(Cl)ccc1F. The summed E-state index contributed by atoms with van der Waals surface area (Å²) in [4.78, 5) is 0. The van der Waals surface area contributed by atoms with E-state index in [1.165, 1.54) is 6.07 Å². The van der Waals surface area contributed by atoms with Gasteiger partial charge in [-0.3, -0.25) is 0 Å². The molecule has 0 aliphatic heterocycles. The van der Waals surface area contributed by atoms with E-state index in [0.717, 1.165) is 13.1 Å². The fourth-order valence-corrected chi connectivity index (χ4v) is 1.82. The molecule has 1 aromatic rings. The molecule has 0 saturated carbocycles. The highest BCUT2D eigenvalue weighted by Crippen LogP contribution is 2.14. The smallest absolute Gasteiger partial charge is 0.127 e. The summed E-state index contributed by atoms with van der Waals surface area (Å²) in [5.41, 5.74) is 0.609. The predicted octanol–water partition coefficient (Wildman–Crippen LogP) is 3.20. The van der Waals surface area contributed by atoms with Gasteiger partial charge in [-0.2, -0.15) is 0 Å². The van der Waals surface area contributed by atoms with Crippen molar-refractivity contribution in [3.05, 3.63) is 34.6 Å². The van der Waals surface area contributed by atoms with Gasteiger partial charge in [0.2, 0.25) is 0 Å². The van der Waals surface area contributed by atoms with Crippen LogP contribution in [0.4, 0.5) is 4.39 Å². The van der Waals surface area contributed by atoms with E-state index >= 15 is 0 Å². The highest BCUT2D eigenvalue weighted by Gasteiger charge is 2.06. The average molecular weight is 273 g/mol. The summed E-state index contributed by atoms with van der Waals surface area (Å²) in [5.74, 6) is 0.428. The van der Waals surface area contributed by atoms with Crippen LogP contribution in [0.2, 0.25) is 5.02 Å². The van der Waals surface area contributed by atoms with Gasteiger partial charge >= 0.3 is 0 Å². The molecule has 0 aliphatic rings. The molecule has 1 rings (SSSR count). The molecule has 1 aromatic carbocycles. The van der Waals surface area contributed by atoms with Crippen molar-refractivity contribution in [3.8, 4) is 0 Å². The molecule has 0 fully saturated rings. The van der Waals surface area contributed by atoms with Crippen LogP contribution in [0.15, 0.2) is 18.2 Å². The van der Waals surface area contributed by atoms with Gasteiger partial charge in [0.05, 0.1) is 0 Å². The van der Waals surface area contributed by atoms with Gasteiger partial charge in [0.25, 0.3) is 0 Å². The lowest BCUT2D eigenvalue weighted by Gasteiger charge is -2.16. The van der Waals surface area contributed by atoms with E-state index in [9.17, 15) is 4.39 Å². The maximum Gasteiger partial charge on any atom is 0.127 e. The maximum absolute atomic E-state index is 13.5. The standard InChI is InChI=1S/C14H22ClFN2/c1-10(2)7-17-8-11(3)18-9-12-6-13(15)4-5-14(12)16/h4-6,10-11,17-18H,7-9H2,1-3H3. The van der Waals surface area contributed by atoms with E-state index in [0.29, 0.717) is 29.1 Å². The minimum absolute atomic E-state index is 0.214. The highest BCUT2D eigenvalue weighted by molar-refractivity contribution is 6.30. The summed E-state index contributed by atoms with van der Waals surface area (Å²) >= 11 is 5.84. The van der Waals surface area contributed by atoms with E-state index in [1.807, 2.05) is 0 Å². The van der Waals surface area contributed by atoms with Crippen LogP contribution in [-0.4, -0.2) is 19.1 Å². The van der Waals surface area contributed by atoms with E-state index in [2.05, 4.69) is 31.4 Å². The van der Waals surface area contributed by atoms with Crippen LogP contribution >= 0.6 is 11.6 Å².